The Labute approximate surface area is 199 Å². The lowest BCUT2D eigenvalue weighted by Crippen LogP contribution is -2.43. The van der Waals surface area contributed by atoms with E-state index < -0.39 is 35.2 Å². The van der Waals surface area contributed by atoms with Crippen LogP contribution in [-0.4, -0.2) is 51.6 Å². The minimum Gasteiger partial charge on any atom is -0.466 e. The molecule has 0 aliphatic heterocycles. The number of ether oxygens (including phenoxy) is 4. The number of esters is 2. The van der Waals surface area contributed by atoms with Crippen LogP contribution in [0.15, 0.2) is 48.6 Å². The molecule has 10 nitrogen and oxygen atoms in total. The Balaban J connectivity index is 2.84. The molecule has 0 bridgehead atoms. The number of benzene rings is 1. The van der Waals surface area contributed by atoms with Gasteiger partial charge < -0.3 is 29.6 Å². The Kier molecular flexibility index (Phi) is 9.85. The maximum atomic E-state index is 12.2. The number of carbonyl (C=O) groups is 4. The summed E-state index contributed by atoms with van der Waals surface area (Å²) in [6.07, 6.45) is -1.49. The Morgan fingerprint density at radius 1 is 0.765 bits per heavy atom. The van der Waals surface area contributed by atoms with Crippen LogP contribution in [0.3, 0.4) is 0 Å². The lowest BCUT2D eigenvalue weighted by Gasteiger charge is -2.30. The highest BCUT2D eigenvalue weighted by molar-refractivity contribution is 5.88. The van der Waals surface area contributed by atoms with Crippen molar-refractivity contribution in [2.24, 2.45) is 0 Å². The van der Waals surface area contributed by atoms with Gasteiger partial charge in [0.25, 0.3) is 0 Å². The van der Waals surface area contributed by atoms with E-state index in [4.69, 9.17) is 9.47 Å². The number of alkyl carbamates (subject to hydrolysis) is 2. The molecule has 1 aromatic carbocycles. The van der Waals surface area contributed by atoms with E-state index in [1.165, 1.54) is 14.2 Å². The van der Waals surface area contributed by atoms with Gasteiger partial charge in [-0.1, -0.05) is 37.4 Å². The molecule has 186 valence electrons. The van der Waals surface area contributed by atoms with Crippen LogP contribution >= 0.6 is 0 Å². The molecular weight excluding hydrogens is 444 g/mol. The van der Waals surface area contributed by atoms with Crippen molar-refractivity contribution in [3.63, 3.8) is 0 Å². The van der Waals surface area contributed by atoms with Gasteiger partial charge in [0.2, 0.25) is 0 Å². The molecule has 1 aromatic rings. The highest BCUT2D eigenvalue weighted by Gasteiger charge is 2.28. The van der Waals surface area contributed by atoms with Gasteiger partial charge in [-0.15, -0.1) is 0 Å². The van der Waals surface area contributed by atoms with Crippen LogP contribution in [0.5, 0.6) is 0 Å². The Morgan fingerprint density at radius 3 is 1.44 bits per heavy atom. The third kappa shape index (κ3) is 8.27. The minimum atomic E-state index is -0.853. The van der Waals surface area contributed by atoms with E-state index in [-0.39, 0.29) is 24.4 Å². The molecule has 0 heterocycles. The molecular formula is C24H32N2O8. The average molecular weight is 477 g/mol. The molecule has 0 saturated heterocycles. The summed E-state index contributed by atoms with van der Waals surface area (Å²) in [5, 5.41) is 5.47. The molecule has 2 amide bonds. The van der Waals surface area contributed by atoms with E-state index in [0.717, 1.165) is 11.1 Å². The molecule has 0 aliphatic rings. The van der Waals surface area contributed by atoms with Crippen molar-refractivity contribution in [3.05, 3.63) is 59.7 Å². The third-order valence-corrected chi connectivity index (χ3v) is 4.84. The third-order valence-electron chi connectivity index (χ3n) is 4.84. The van der Waals surface area contributed by atoms with E-state index in [9.17, 15) is 19.2 Å². The standard InChI is InChI=1S/C24H32N2O8/c1-15(19(27)31-7)13-33-21(29)25-23(3,4)17-10-9-11-18(12-17)24(5,6)26-22(30)34-14-16(2)20(28)32-8/h9-12H,1-2,13-14H2,3-8H3,(H,25,29)(H,26,30). The summed E-state index contributed by atoms with van der Waals surface area (Å²) in [5.41, 5.74) is -0.227. The van der Waals surface area contributed by atoms with Crippen molar-refractivity contribution >= 4 is 24.1 Å². The number of carbonyl (C=O) groups excluding carboxylic acids is 4. The highest BCUT2D eigenvalue weighted by Crippen LogP contribution is 2.27. The van der Waals surface area contributed by atoms with Crippen molar-refractivity contribution in [2.45, 2.75) is 38.8 Å². The normalized spacial score (nSPS) is 11.0. The van der Waals surface area contributed by atoms with Gasteiger partial charge in [0.05, 0.1) is 36.4 Å². The summed E-state index contributed by atoms with van der Waals surface area (Å²) in [5.74, 6) is -1.33. The fourth-order valence-electron chi connectivity index (χ4n) is 2.74. The summed E-state index contributed by atoms with van der Waals surface area (Å²) in [4.78, 5) is 47.2. The lowest BCUT2D eigenvalue weighted by atomic mass is 9.87. The van der Waals surface area contributed by atoms with Crippen molar-refractivity contribution in [1.29, 1.82) is 0 Å². The van der Waals surface area contributed by atoms with Crippen molar-refractivity contribution in [2.75, 3.05) is 27.4 Å². The first-order valence-corrected chi connectivity index (χ1v) is 10.3. The number of hydrogen-bond donors (Lipinski definition) is 2. The van der Waals surface area contributed by atoms with Gasteiger partial charge in [-0.2, -0.15) is 0 Å². The highest BCUT2D eigenvalue weighted by atomic mass is 16.6. The molecule has 2 N–H and O–H groups in total. The predicted octanol–water partition coefficient (Wildman–Crippen LogP) is 3.07. The first-order valence-electron chi connectivity index (χ1n) is 10.3. The Hall–Kier alpha value is -3.82. The van der Waals surface area contributed by atoms with Gasteiger partial charge in [0.1, 0.15) is 13.2 Å². The summed E-state index contributed by atoms with van der Waals surface area (Å²) >= 11 is 0. The maximum absolute atomic E-state index is 12.2. The monoisotopic (exact) mass is 476 g/mol. The molecule has 0 saturated carbocycles. The summed E-state index contributed by atoms with van der Waals surface area (Å²) in [6.45, 7) is 13.5. The van der Waals surface area contributed by atoms with Gasteiger partial charge in [0, 0.05) is 0 Å². The number of hydrogen-bond acceptors (Lipinski definition) is 8. The molecule has 0 unspecified atom stereocenters. The summed E-state index contributed by atoms with van der Waals surface area (Å²) in [6, 6.07) is 7.23. The van der Waals surface area contributed by atoms with Gasteiger partial charge in [-0.25, -0.2) is 19.2 Å². The van der Waals surface area contributed by atoms with Crippen LogP contribution in [0, 0.1) is 0 Å². The zero-order valence-corrected chi connectivity index (χ0v) is 20.4. The molecule has 0 aromatic heterocycles. The average Bonchev–Trinajstić information content (AvgIpc) is 2.79. The zero-order valence-electron chi connectivity index (χ0n) is 20.4. The fraction of sp³-hybridized carbons (Fsp3) is 0.417. The smallest absolute Gasteiger partial charge is 0.408 e. The van der Waals surface area contributed by atoms with Gasteiger partial charge >= 0.3 is 24.1 Å². The Morgan fingerprint density at radius 2 is 1.12 bits per heavy atom. The number of amides is 2. The Bertz CT molecular complexity index is 892. The first-order chi connectivity index (χ1) is 15.7. The number of methoxy groups -OCH3 is 2. The van der Waals surface area contributed by atoms with Gasteiger partial charge in [-0.3, -0.25) is 0 Å². The largest absolute Gasteiger partial charge is 0.466 e. The molecule has 10 heteroatoms. The van der Waals surface area contributed by atoms with Crippen LogP contribution < -0.4 is 10.6 Å². The van der Waals surface area contributed by atoms with E-state index in [2.05, 4.69) is 33.3 Å². The van der Waals surface area contributed by atoms with E-state index in [1.807, 2.05) is 18.2 Å². The predicted molar refractivity (Wildman–Crippen MR) is 124 cm³/mol. The van der Waals surface area contributed by atoms with Crippen molar-refractivity contribution < 1.29 is 38.1 Å². The lowest BCUT2D eigenvalue weighted by molar-refractivity contribution is -0.137. The number of rotatable bonds is 10. The molecule has 0 spiro atoms. The minimum absolute atomic E-state index is 0.00678. The van der Waals surface area contributed by atoms with Crippen molar-refractivity contribution in [3.8, 4) is 0 Å². The van der Waals surface area contributed by atoms with Crippen molar-refractivity contribution in [1.82, 2.24) is 10.6 Å². The van der Waals surface area contributed by atoms with Crippen LogP contribution in [0.2, 0.25) is 0 Å². The molecule has 0 radical (unpaired) electrons. The summed E-state index contributed by atoms with van der Waals surface area (Å²) in [7, 11) is 2.41. The number of nitrogens with one attached hydrogen (secondary N) is 2. The second-order valence-electron chi connectivity index (χ2n) is 8.42. The van der Waals surface area contributed by atoms with Crippen LogP contribution in [0.25, 0.3) is 0 Å². The topological polar surface area (TPSA) is 129 Å². The van der Waals surface area contributed by atoms with Gasteiger partial charge in [-0.05, 0) is 38.8 Å². The van der Waals surface area contributed by atoms with E-state index >= 15 is 0 Å². The SMILES string of the molecule is C=C(COC(=O)NC(C)(C)c1cccc(C(C)(C)NC(=O)OCC(=C)C(=O)OC)c1)C(=O)OC. The zero-order chi connectivity index (χ0) is 26.1. The van der Waals surface area contributed by atoms with E-state index in [0.29, 0.717) is 0 Å². The van der Waals surface area contributed by atoms with Crippen LogP contribution in [0.1, 0.15) is 38.8 Å². The molecule has 0 atom stereocenters. The molecule has 0 fully saturated rings. The maximum Gasteiger partial charge on any atom is 0.408 e. The first kappa shape index (κ1) is 28.2. The van der Waals surface area contributed by atoms with Crippen LogP contribution in [0.4, 0.5) is 9.59 Å². The van der Waals surface area contributed by atoms with Crippen LogP contribution in [-0.2, 0) is 39.6 Å². The molecule has 1 rings (SSSR count). The molecule has 34 heavy (non-hydrogen) atoms. The fourth-order valence-corrected chi connectivity index (χ4v) is 2.74. The van der Waals surface area contributed by atoms with Gasteiger partial charge in [0.15, 0.2) is 0 Å². The second-order valence-corrected chi connectivity index (χ2v) is 8.42. The molecule has 0 aliphatic carbocycles. The summed E-state index contributed by atoms with van der Waals surface area (Å²) < 4.78 is 19.1. The van der Waals surface area contributed by atoms with E-state index in [1.54, 1.807) is 33.8 Å². The quantitative estimate of drug-likeness (QED) is 0.299. The second kappa shape index (κ2) is 11.9.